The maximum absolute atomic E-state index is 3.87. The molecule has 0 fully saturated rings. The molecule has 3 nitrogen and oxygen atoms in total. The summed E-state index contributed by atoms with van der Waals surface area (Å²) in [6, 6.07) is 0. The van der Waals surface area contributed by atoms with Gasteiger partial charge in [0.15, 0.2) is 0 Å². The zero-order chi connectivity index (χ0) is 8.81. The fourth-order valence-corrected chi connectivity index (χ4v) is 0.998. The maximum atomic E-state index is 3.87. The van der Waals surface area contributed by atoms with E-state index in [0.29, 0.717) is 0 Å². The second kappa shape index (κ2) is 4.93. The van der Waals surface area contributed by atoms with E-state index >= 15 is 0 Å². The lowest BCUT2D eigenvalue weighted by Crippen LogP contribution is -2.15. The summed E-state index contributed by atoms with van der Waals surface area (Å²) in [5.74, 6) is 0.779. The lowest BCUT2D eigenvalue weighted by atomic mass is 10.1. The highest BCUT2D eigenvalue weighted by Gasteiger charge is 1.94. The van der Waals surface area contributed by atoms with Crippen LogP contribution in [-0.2, 0) is 6.54 Å². The van der Waals surface area contributed by atoms with Crippen molar-refractivity contribution in [1.82, 2.24) is 15.5 Å². The molecule has 0 unspecified atom stereocenters. The molecule has 0 spiro atoms. The number of H-pyrrole nitrogens is 1. The van der Waals surface area contributed by atoms with Crippen molar-refractivity contribution in [3.63, 3.8) is 0 Å². The van der Waals surface area contributed by atoms with Gasteiger partial charge in [0.05, 0.1) is 6.20 Å². The van der Waals surface area contributed by atoms with Gasteiger partial charge in [0.25, 0.3) is 0 Å². The molecule has 0 aliphatic rings. The van der Waals surface area contributed by atoms with Crippen LogP contribution in [0.1, 0.15) is 25.8 Å². The molecule has 0 saturated heterocycles. The standard InChI is InChI=1S/C9H17N3/c1-8(2)3-4-10-5-9-6-11-12-7-9/h6-8,10H,3-5H2,1-2H3,(H,11,12). The van der Waals surface area contributed by atoms with Gasteiger partial charge in [-0.1, -0.05) is 13.8 Å². The van der Waals surface area contributed by atoms with Crippen molar-refractivity contribution in [2.45, 2.75) is 26.8 Å². The molecular weight excluding hydrogens is 150 g/mol. The Kier molecular flexibility index (Phi) is 3.80. The predicted molar refractivity (Wildman–Crippen MR) is 49.7 cm³/mol. The monoisotopic (exact) mass is 167 g/mol. The van der Waals surface area contributed by atoms with Crippen LogP contribution in [0.2, 0.25) is 0 Å². The zero-order valence-corrected chi connectivity index (χ0v) is 7.80. The molecule has 0 atom stereocenters. The largest absolute Gasteiger partial charge is 0.313 e. The highest BCUT2D eigenvalue weighted by atomic mass is 15.1. The van der Waals surface area contributed by atoms with Crippen LogP contribution in [0, 0.1) is 5.92 Å². The number of nitrogens with one attached hydrogen (secondary N) is 2. The molecule has 1 aromatic rings. The van der Waals surface area contributed by atoms with E-state index in [0.717, 1.165) is 19.0 Å². The van der Waals surface area contributed by atoms with E-state index in [9.17, 15) is 0 Å². The fourth-order valence-electron chi connectivity index (χ4n) is 0.998. The van der Waals surface area contributed by atoms with Gasteiger partial charge in [-0.3, -0.25) is 5.10 Å². The van der Waals surface area contributed by atoms with Crippen LogP contribution in [-0.4, -0.2) is 16.7 Å². The zero-order valence-electron chi connectivity index (χ0n) is 7.80. The third-order valence-electron chi connectivity index (χ3n) is 1.78. The summed E-state index contributed by atoms with van der Waals surface area (Å²) in [6.45, 7) is 6.48. The molecule has 0 bridgehead atoms. The normalized spacial score (nSPS) is 10.9. The summed E-state index contributed by atoms with van der Waals surface area (Å²) >= 11 is 0. The van der Waals surface area contributed by atoms with Gasteiger partial charge in [0.2, 0.25) is 0 Å². The SMILES string of the molecule is CC(C)CCNCc1cn[nH]c1. The summed E-state index contributed by atoms with van der Waals surface area (Å²) in [7, 11) is 0. The summed E-state index contributed by atoms with van der Waals surface area (Å²) in [5.41, 5.74) is 1.22. The van der Waals surface area contributed by atoms with Crippen LogP contribution in [0.25, 0.3) is 0 Å². The van der Waals surface area contributed by atoms with Crippen molar-refractivity contribution < 1.29 is 0 Å². The molecule has 1 heterocycles. The topological polar surface area (TPSA) is 40.7 Å². The van der Waals surface area contributed by atoms with Crippen molar-refractivity contribution in [2.75, 3.05) is 6.54 Å². The first-order valence-electron chi connectivity index (χ1n) is 4.47. The number of rotatable bonds is 5. The smallest absolute Gasteiger partial charge is 0.0532 e. The number of aromatic nitrogens is 2. The van der Waals surface area contributed by atoms with E-state index in [2.05, 4.69) is 29.4 Å². The Balaban J connectivity index is 2.04. The van der Waals surface area contributed by atoms with Crippen molar-refractivity contribution in [3.05, 3.63) is 18.0 Å². The first kappa shape index (κ1) is 9.26. The van der Waals surface area contributed by atoms with E-state index in [1.54, 1.807) is 0 Å². The molecule has 3 heteroatoms. The van der Waals surface area contributed by atoms with Crippen LogP contribution in [0.5, 0.6) is 0 Å². The Morgan fingerprint density at radius 3 is 3.00 bits per heavy atom. The van der Waals surface area contributed by atoms with Gasteiger partial charge in [0.1, 0.15) is 0 Å². The molecule has 1 aromatic heterocycles. The average molecular weight is 167 g/mol. The first-order chi connectivity index (χ1) is 5.79. The summed E-state index contributed by atoms with van der Waals surface area (Å²) in [5, 5.41) is 10.0. The van der Waals surface area contributed by atoms with Crippen molar-refractivity contribution in [3.8, 4) is 0 Å². The molecule has 0 saturated carbocycles. The van der Waals surface area contributed by atoms with Gasteiger partial charge >= 0.3 is 0 Å². The number of hydrogen-bond donors (Lipinski definition) is 2. The van der Waals surface area contributed by atoms with E-state index < -0.39 is 0 Å². The van der Waals surface area contributed by atoms with E-state index in [1.807, 2.05) is 12.4 Å². The molecule has 0 amide bonds. The van der Waals surface area contributed by atoms with Gasteiger partial charge in [-0.05, 0) is 18.9 Å². The van der Waals surface area contributed by atoms with Crippen LogP contribution >= 0.6 is 0 Å². The maximum Gasteiger partial charge on any atom is 0.0532 e. The van der Waals surface area contributed by atoms with Gasteiger partial charge in [-0.2, -0.15) is 5.10 Å². The lowest BCUT2D eigenvalue weighted by molar-refractivity contribution is 0.537. The van der Waals surface area contributed by atoms with Crippen LogP contribution in [0.3, 0.4) is 0 Å². The third kappa shape index (κ3) is 3.53. The van der Waals surface area contributed by atoms with E-state index in [1.165, 1.54) is 12.0 Å². The summed E-state index contributed by atoms with van der Waals surface area (Å²) in [6.07, 6.45) is 5.00. The minimum Gasteiger partial charge on any atom is -0.313 e. The third-order valence-corrected chi connectivity index (χ3v) is 1.78. The molecule has 2 N–H and O–H groups in total. The Bertz CT molecular complexity index is 192. The number of hydrogen-bond acceptors (Lipinski definition) is 2. The molecule has 12 heavy (non-hydrogen) atoms. The fraction of sp³-hybridized carbons (Fsp3) is 0.667. The lowest BCUT2D eigenvalue weighted by Gasteiger charge is -2.04. The van der Waals surface area contributed by atoms with E-state index in [4.69, 9.17) is 0 Å². The van der Waals surface area contributed by atoms with Crippen LogP contribution in [0.4, 0.5) is 0 Å². The highest BCUT2D eigenvalue weighted by Crippen LogP contribution is 1.97. The average Bonchev–Trinajstić information content (AvgIpc) is 2.49. The van der Waals surface area contributed by atoms with Crippen molar-refractivity contribution in [1.29, 1.82) is 0 Å². The van der Waals surface area contributed by atoms with Crippen LogP contribution in [0.15, 0.2) is 12.4 Å². The second-order valence-corrected chi connectivity index (χ2v) is 3.47. The Morgan fingerprint density at radius 1 is 1.58 bits per heavy atom. The van der Waals surface area contributed by atoms with Gasteiger partial charge in [0, 0.05) is 18.3 Å². The molecule has 0 aliphatic heterocycles. The Morgan fingerprint density at radius 2 is 2.42 bits per heavy atom. The molecule has 0 aromatic carbocycles. The van der Waals surface area contributed by atoms with Crippen LogP contribution < -0.4 is 5.32 Å². The quantitative estimate of drug-likeness (QED) is 0.653. The van der Waals surface area contributed by atoms with Gasteiger partial charge in [-0.25, -0.2) is 0 Å². The van der Waals surface area contributed by atoms with E-state index in [-0.39, 0.29) is 0 Å². The molecular formula is C9H17N3. The highest BCUT2D eigenvalue weighted by molar-refractivity contribution is 5.01. The Labute approximate surface area is 73.6 Å². The van der Waals surface area contributed by atoms with Gasteiger partial charge < -0.3 is 5.32 Å². The second-order valence-electron chi connectivity index (χ2n) is 3.47. The van der Waals surface area contributed by atoms with Crippen molar-refractivity contribution >= 4 is 0 Å². The molecule has 0 aliphatic carbocycles. The number of aromatic amines is 1. The Hall–Kier alpha value is -0.830. The minimum atomic E-state index is 0.779. The summed E-state index contributed by atoms with van der Waals surface area (Å²) in [4.78, 5) is 0. The minimum absolute atomic E-state index is 0.779. The molecule has 0 radical (unpaired) electrons. The molecule has 68 valence electrons. The van der Waals surface area contributed by atoms with Gasteiger partial charge in [-0.15, -0.1) is 0 Å². The first-order valence-corrected chi connectivity index (χ1v) is 4.47. The molecule has 1 rings (SSSR count). The number of nitrogens with zero attached hydrogens (tertiary/aromatic N) is 1. The predicted octanol–water partition coefficient (Wildman–Crippen LogP) is 1.55. The van der Waals surface area contributed by atoms with Crippen molar-refractivity contribution in [2.24, 2.45) is 5.92 Å². The summed E-state index contributed by atoms with van der Waals surface area (Å²) < 4.78 is 0.